The van der Waals surface area contributed by atoms with Crippen LogP contribution >= 0.6 is 0 Å². The van der Waals surface area contributed by atoms with Crippen molar-refractivity contribution in [2.24, 2.45) is 0 Å². The predicted octanol–water partition coefficient (Wildman–Crippen LogP) is 11.1. The zero-order valence-electron chi connectivity index (χ0n) is 23.8. The molecule has 0 radical (unpaired) electrons. The average Bonchev–Trinajstić information content (AvgIpc) is 3.68. The number of aromatic nitrogens is 2. The lowest BCUT2D eigenvalue weighted by Gasteiger charge is -2.09. The molecule has 9 rings (SSSR count). The fraction of sp³-hybridized carbons (Fsp3) is 0. The van der Waals surface area contributed by atoms with E-state index >= 15 is 0 Å². The van der Waals surface area contributed by atoms with Crippen molar-refractivity contribution in [3.8, 4) is 39.4 Å². The van der Waals surface area contributed by atoms with E-state index in [0.717, 1.165) is 44.6 Å². The lowest BCUT2D eigenvalue weighted by atomic mass is 10.0. The number of hydrogen-bond acceptors (Lipinski definition) is 2. The Morgan fingerprint density at radius 3 is 1.77 bits per heavy atom. The monoisotopic (exact) mass is 562 g/mol. The van der Waals surface area contributed by atoms with Gasteiger partial charge in [0.25, 0.3) is 0 Å². The Bertz CT molecular complexity index is 2430. The minimum atomic E-state index is 0.626. The number of fused-ring (bicyclic) bond motifs is 5. The topological polar surface area (TPSA) is 31.0 Å². The van der Waals surface area contributed by atoms with Crippen molar-refractivity contribution in [1.82, 2.24) is 9.55 Å². The number of nitrogens with zero attached hydrogens (tertiary/aromatic N) is 2. The lowest BCUT2D eigenvalue weighted by Crippen LogP contribution is -1.93. The molecular weight excluding hydrogens is 536 g/mol. The van der Waals surface area contributed by atoms with E-state index in [1.54, 1.807) is 0 Å². The van der Waals surface area contributed by atoms with Crippen LogP contribution in [0.1, 0.15) is 0 Å². The first kappa shape index (κ1) is 24.6. The normalized spacial score (nSPS) is 11.6. The Balaban J connectivity index is 1.04. The van der Waals surface area contributed by atoms with Gasteiger partial charge in [0.05, 0.1) is 11.0 Å². The molecule has 0 aliphatic carbocycles. The molecule has 2 heterocycles. The van der Waals surface area contributed by atoms with Gasteiger partial charge in [0.15, 0.2) is 5.58 Å². The second kappa shape index (κ2) is 9.82. The van der Waals surface area contributed by atoms with Crippen LogP contribution in [0.3, 0.4) is 0 Å². The fourth-order valence-corrected chi connectivity index (χ4v) is 6.47. The molecule has 44 heavy (non-hydrogen) atoms. The van der Waals surface area contributed by atoms with E-state index in [1.807, 2.05) is 12.1 Å². The number of benzene rings is 7. The van der Waals surface area contributed by atoms with Gasteiger partial charge in [0.1, 0.15) is 5.52 Å². The van der Waals surface area contributed by atoms with E-state index in [0.29, 0.717) is 5.89 Å². The minimum Gasteiger partial charge on any atom is -0.435 e. The van der Waals surface area contributed by atoms with Gasteiger partial charge in [-0.2, -0.15) is 0 Å². The van der Waals surface area contributed by atoms with Crippen LogP contribution in [-0.2, 0) is 0 Å². The summed E-state index contributed by atoms with van der Waals surface area (Å²) in [6.07, 6.45) is 0. The summed E-state index contributed by atoms with van der Waals surface area (Å²) in [6.45, 7) is 0. The van der Waals surface area contributed by atoms with E-state index in [2.05, 4.69) is 150 Å². The predicted molar refractivity (Wildman–Crippen MR) is 182 cm³/mol. The Morgan fingerprint density at radius 2 is 1.05 bits per heavy atom. The first-order valence-corrected chi connectivity index (χ1v) is 14.9. The molecule has 0 saturated carbocycles. The summed E-state index contributed by atoms with van der Waals surface area (Å²) < 4.78 is 8.75. The van der Waals surface area contributed by atoms with E-state index in [1.165, 1.54) is 32.6 Å². The maximum Gasteiger partial charge on any atom is 0.227 e. The van der Waals surface area contributed by atoms with Gasteiger partial charge in [0, 0.05) is 27.6 Å². The molecule has 0 fully saturated rings. The number of rotatable bonds is 4. The van der Waals surface area contributed by atoms with Gasteiger partial charge in [-0.15, -0.1) is 0 Å². The third-order valence-corrected chi connectivity index (χ3v) is 8.65. The maximum absolute atomic E-state index is 6.41. The quantitative estimate of drug-likeness (QED) is 0.214. The molecule has 0 atom stereocenters. The van der Waals surface area contributed by atoms with Crippen LogP contribution in [0.15, 0.2) is 162 Å². The van der Waals surface area contributed by atoms with Gasteiger partial charge in [0.2, 0.25) is 5.89 Å². The summed E-state index contributed by atoms with van der Waals surface area (Å²) in [7, 11) is 0. The summed E-state index contributed by atoms with van der Waals surface area (Å²) in [4.78, 5) is 4.85. The smallest absolute Gasteiger partial charge is 0.227 e. The molecule has 0 N–H and O–H groups in total. The third-order valence-electron chi connectivity index (χ3n) is 8.65. The van der Waals surface area contributed by atoms with Crippen LogP contribution in [0, 0.1) is 0 Å². The van der Waals surface area contributed by atoms with Crippen molar-refractivity contribution in [3.05, 3.63) is 158 Å². The highest BCUT2D eigenvalue weighted by Crippen LogP contribution is 2.35. The van der Waals surface area contributed by atoms with Gasteiger partial charge in [-0.05, 0) is 76.0 Å². The van der Waals surface area contributed by atoms with Crippen molar-refractivity contribution in [3.63, 3.8) is 0 Å². The molecule has 206 valence electrons. The van der Waals surface area contributed by atoms with Crippen molar-refractivity contribution in [2.75, 3.05) is 0 Å². The van der Waals surface area contributed by atoms with Crippen molar-refractivity contribution < 1.29 is 4.42 Å². The standard InChI is InChI=1S/C41H26N2O/c1-2-9-31-26-32(21-18-27(31)8-1)34-12-7-13-37-40(34)44-41(42-37)30-19-16-28(17-20-30)29-22-24-33(25-23-29)43-38-14-5-3-10-35(38)36-11-4-6-15-39(36)43/h1-26H. The van der Waals surface area contributed by atoms with Crippen molar-refractivity contribution in [2.45, 2.75) is 0 Å². The molecule has 0 spiro atoms. The highest BCUT2D eigenvalue weighted by atomic mass is 16.3. The van der Waals surface area contributed by atoms with E-state index in [-0.39, 0.29) is 0 Å². The first-order chi connectivity index (χ1) is 21.8. The molecule has 2 aromatic heterocycles. The van der Waals surface area contributed by atoms with Crippen LogP contribution in [0.5, 0.6) is 0 Å². The second-order valence-electron chi connectivity index (χ2n) is 11.2. The van der Waals surface area contributed by atoms with E-state index in [9.17, 15) is 0 Å². The van der Waals surface area contributed by atoms with Crippen LogP contribution in [0.25, 0.3) is 83.1 Å². The fourth-order valence-electron chi connectivity index (χ4n) is 6.47. The summed E-state index contributed by atoms with van der Waals surface area (Å²) in [5.41, 5.74) is 10.7. The van der Waals surface area contributed by atoms with Crippen LogP contribution in [0.4, 0.5) is 0 Å². The molecule has 3 heteroatoms. The average molecular weight is 563 g/mol. The van der Waals surface area contributed by atoms with Crippen LogP contribution in [0.2, 0.25) is 0 Å². The molecule has 7 aromatic carbocycles. The zero-order chi connectivity index (χ0) is 29.0. The highest BCUT2D eigenvalue weighted by Gasteiger charge is 2.14. The second-order valence-corrected chi connectivity index (χ2v) is 11.2. The minimum absolute atomic E-state index is 0.626. The number of para-hydroxylation sites is 3. The van der Waals surface area contributed by atoms with Crippen molar-refractivity contribution in [1.29, 1.82) is 0 Å². The molecule has 0 bridgehead atoms. The molecule has 0 saturated heterocycles. The molecule has 0 aliphatic rings. The molecule has 3 nitrogen and oxygen atoms in total. The Labute approximate surface area is 254 Å². The van der Waals surface area contributed by atoms with Crippen LogP contribution in [-0.4, -0.2) is 9.55 Å². The first-order valence-electron chi connectivity index (χ1n) is 14.9. The number of hydrogen-bond donors (Lipinski definition) is 0. The summed E-state index contributed by atoms with van der Waals surface area (Å²) in [5.74, 6) is 0.626. The highest BCUT2D eigenvalue weighted by molar-refractivity contribution is 6.09. The van der Waals surface area contributed by atoms with Gasteiger partial charge in [-0.1, -0.05) is 109 Å². The molecule has 0 aliphatic heterocycles. The molecular formula is C41H26N2O. The van der Waals surface area contributed by atoms with Crippen molar-refractivity contribution >= 4 is 43.7 Å². The number of oxazole rings is 1. The van der Waals surface area contributed by atoms with Gasteiger partial charge in [-0.3, -0.25) is 0 Å². The Kier molecular flexibility index (Phi) is 5.50. The third kappa shape index (κ3) is 3.94. The van der Waals surface area contributed by atoms with Gasteiger partial charge < -0.3 is 8.98 Å². The molecule has 0 unspecified atom stereocenters. The maximum atomic E-state index is 6.41. The summed E-state index contributed by atoms with van der Waals surface area (Å²) >= 11 is 0. The van der Waals surface area contributed by atoms with Crippen LogP contribution < -0.4 is 0 Å². The van der Waals surface area contributed by atoms with E-state index in [4.69, 9.17) is 9.40 Å². The molecule has 0 amide bonds. The molecule has 9 aromatic rings. The largest absolute Gasteiger partial charge is 0.435 e. The van der Waals surface area contributed by atoms with Gasteiger partial charge >= 0.3 is 0 Å². The summed E-state index contributed by atoms with van der Waals surface area (Å²) in [5, 5.41) is 4.97. The van der Waals surface area contributed by atoms with E-state index < -0.39 is 0 Å². The lowest BCUT2D eigenvalue weighted by molar-refractivity contribution is 0.621. The Morgan fingerprint density at radius 1 is 0.455 bits per heavy atom. The van der Waals surface area contributed by atoms with Gasteiger partial charge in [-0.25, -0.2) is 4.98 Å². The zero-order valence-corrected chi connectivity index (χ0v) is 23.8. The Hall–Kier alpha value is -5.93. The summed E-state index contributed by atoms with van der Waals surface area (Å²) in [6, 6.07) is 55.6. The SMILES string of the molecule is c1ccc2cc(-c3cccc4nc(-c5ccc(-c6ccc(-n7c8ccccc8c8ccccc87)cc6)cc5)oc34)ccc2c1.